The third-order valence-electron chi connectivity index (χ3n) is 2.31. The first-order valence-corrected chi connectivity index (χ1v) is 6.66. The van der Waals surface area contributed by atoms with Gasteiger partial charge in [-0.2, -0.15) is 11.3 Å². The lowest BCUT2D eigenvalue weighted by Gasteiger charge is -2.20. The van der Waals surface area contributed by atoms with Gasteiger partial charge in [-0.25, -0.2) is 0 Å². The van der Waals surface area contributed by atoms with Crippen LogP contribution in [0.25, 0.3) is 0 Å². The first kappa shape index (κ1) is 14.6. The molecule has 2 unspecified atom stereocenters. The Hall–Kier alpha value is -0.460. The lowest BCUT2D eigenvalue weighted by Crippen LogP contribution is -2.27. The number of thiophene rings is 1. The van der Waals surface area contributed by atoms with Gasteiger partial charge in [-0.3, -0.25) is 0 Å². The van der Waals surface area contributed by atoms with Crippen molar-refractivity contribution >= 4 is 11.3 Å². The summed E-state index contributed by atoms with van der Waals surface area (Å²) in [6.07, 6.45) is -0.0488. The predicted octanol–water partition coefficient (Wildman–Crippen LogP) is 1.82. The van der Waals surface area contributed by atoms with E-state index in [0.717, 1.165) is 5.56 Å². The molecule has 0 amide bonds. The number of hydrogen-bond donors (Lipinski definition) is 1. The van der Waals surface area contributed by atoms with E-state index in [-0.39, 0.29) is 12.1 Å². The van der Waals surface area contributed by atoms with Crippen molar-refractivity contribution in [1.82, 2.24) is 0 Å². The normalized spacial score (nSPS) is 14.8. The van der Waals surface area contributed by atoms with Crippen molar-refractivity contribution in [1.29, 1.82) is 0 Å². The number of nitrogens with two attached hydrogens (primary N) is 1. The molecular weight excluding hydrogens is 238 g/mol. The molecule has 0 aromatic carbocycles. The van der Waals surface area contributed by atoms with Crippen molar-refractivity contribution in [2.75, 3.05) is 33.5 Å². The van der Waals surface area contributed by atoms with E-state index >= 15 is 0 Å². The maximum atomic E-state index is 5.91. The smallest absolute Gasteiger partial charge is 0.0982 e. The van der Waals surface area contributed by atoms with Gasteiger partial charge in [0.25, 0.3) is 0 Å². The summed E-state index contributed by atoms with van der Waals surface area (Å²) in [5.41, 5.74) is 7.05. The summed E-state index contributed by atoms with van der Waals surface area (Å²) in [5.74, 6) is 0. The summed E-state index contributed by atoms with van der Waals surface area (Å²) in [4.78, 5) is 0. The third-order valence-corrected chi connectivity index (χ3v) is 3.01. The highest BCUT2D eigenvalue weighted by atomic mass is 32.1. The average molecular weight is 259 g/mol. The molecule has 0 saturated heterocycles. The van der Waals surface area contributed by atoms with E-state index in [0.29, 0.717) is 26.4 Å². The highest BCUT2D eigenvalue weighted by molar-refractivity contribution is 7.07. The Labute approximate surface area is 107 Å². The molecule has 0 bridgehead atoms. The van der Waals surface area contributed by atoms with Crippen LogP contribution in [0.1, 0.15) is 18.6 Å². The quantitative estimate of drug-likeness (QED) is 0.687. The Morgan fingerprint density at radius 1 is 1.29 bits per heavy atom. The fraction of sp³-hybridized carbons (Fsp3) is 0.667. The molecule has 1 aromatic rings. The van der Waals surface area contributed by atoms with E-state index in [2.05, 4.69) is 5.38 Å². The van der Waals surface area contributed by atoms with E-state index in [1.54, 1.807) is 18.4 Å². The minimum absolute atomic E-state index is 0.0245. The maximum Gasteiger partial charge on any atom is 0.0982 e. The van der Waals surface area contributed by atoms with Gasteiger partial charge in [0, 0.05) is 13.2 Å². The first-order valence-electron chi connectivity index (χ1n) is 5.71. The zero-order valence-electron chi connectivity index (χ0n) is 10.4. The zero-order valence-corrected chi connectivity index (χ0v) is 11.2. The van der Waals surface area contributed by atoms with Gasteiger partial charge < -0.3 is 19.9 Å². The number of ether oxygens (including phenoxy) is 3. The van der Waals surface area contributed by atoms with Crippen molar-refractivity contribution in [3.8, 4) is 0 Å². The van der Waals surface area contributed by atoms with Gasteiger partial charge in [-0.1, -0.05) is 0 Å². The molecule has 1 heterocycles. The van der Waals surface area contributed by atoms with Crippen LogP contribution in [0.4, 0.5) is 0 Å². The van der Waals surface area contributed by atoms with Gasteiger partial charge in [-0.15, -0.1) is 0 Å². The Morgan fingerprint density at radius 3 is 2.65 bits per heavy atom. The second-order valence-electron chi connectivity index (χ2n) is 3.81. The van der Waals surface area contributed by atoms with Crippen LogP contribution >= 0.6 is 11.3 Å². The average Bonchev–Trinajstić information content (AvgIpc) is 2.81. The van der Waals surface area contributed by atoms with Gasteiger partial charge in [0.05, 0.1) is 32.5 Å². The molecule has 2 atom stereocenters. The lowest BCUT2D eigenvalue weighted by atomic mass is 10.1. The summed E-state index contributed by atoms with van der Waals surface area (Å²) in [6.45, 7) is 4.28. The first-order chi connectivity index (χ1) is 8.25. The molecule has 17 heavy (non-hydrogen) atoms. The Balaban J connectivity index is 2.22. The molecule has 0 aliphatic rings. The van der Waals surface area contributed by atoms with Crippen LogP contribution in [0.15, 0.2) is 16.8 Å². The van der Waals surface area contributed by atoms with Crippen molar-refractivity contribution in [2.45, 2.75) is 19.1 Å². The highest BCUT2D eigenvalue weighted by Crippen LogP contribution is 2.22. The molecule has 1 aromatic heterocycles. The van der Waals surface area contributed by atoms with Gasteiger partial charge >= 0.3 is 0 Å². The van der Waals surface area contributed by atoms with Crippen LogP contribution in [0.2, 0.25) is 0 Å². The molecule has 2 N–H and O–H groups in total. The largest absolute Gasteiger partial charge is 0.382 e. The van der Waals surface area contributed by atoms with E-state index < -0.39 is 0 Å². The van der Waals surface area contributed by atoms with Crippen LogP contribution < -0.4 is 5.73 Å². The summed E-state index contributed by atoms with van der Waals surface area (Å²) in [5, 5.41) is 4.10. The standard InChI is InChI=1S/C12H21NO3S/c1-10(13)12(11-3-8-17-9-11)16-7-6-15-5-4-14-2/h3,8-10,12H,4-7,13H2,1-2H3. The Bertz CT molecular complexity index is 277. The minimum atomic E-state index is -0.0488. The number of hydrogen-bond acceptors (Lipinski definition) is 5. The number of methoxy groups -OCH3 is 1. The third kappa shape index (κ3) is 5.61. The lowest BCUT2D eigenvalue weighted by molar-refractivity contribution is -0.0140. The van der Waals surface area contributed by atoms with Gasteiger partial charge in [0.1, 0.15) is 0 Å². The number of rotatable bonds is 9. The molecule has 1 rings (SSSR count). The molecule has 0 fully saturated rings. The monoisotopic (exact) mass is 259 g/mol. The Kier molecular flexibility index (Phi) is 7.39. The van der Waals surface area contributed by atoms with Gasteiger partial charge in [-0.05, 0) is 29.3 Å². The molecule has 0 spiro atoms. The molecule has 0 saturated carbocycles. The second kappa shape index (κ2) is 8.60. The van der Waals surface area contributed by atoms with Crippen molar-refractivity contribution in [3.05, 3.63) is 22.4 Å². The van der Waals surface area contributed by atoms with Gasteiger partial charge in [0.15, 0.2) is 0 Å². The van der Waals surface area contributed by atoms with Crippen LogP contribution in [0.5, 0.6) is 0 Å². The van der Waals surface area contributed by atoms with E-state index in [9.17, 15) is 0 Å². The summed E-state index contributed by atoms with van der Waals surface area (Å²) >= 11 is 1.65. The van der Waals surface area contributed by atoms with Gasteiger partial charge in [0.2, 0.25) is 0 Å². The molecule has 98 valence electrons. The summed E-state index contributed by atoms with van der Waals surface area (Å²) in [7, 11) is 1.66. The molecule has 5 heteroatoms. The van der Waals surface area contributed by atoms with Crippen molar-refractivity contribution in [3.63, 3.8) is 0 Å². The van der Waals surface area contributed by atoms with Crippen LogP contribution in [-0.2, 0) is 14.2 Å². The minimum Gasteiger partial charge on any atom is -0.382 e. The van der Waals surface area contributed by atoms with Crippen LogP contribution in [0, 0.1) is 0 Å². The van der Waals surface area contributed by atoms with E-state index in [1.807, 2.05) is 18.4 Å². The second-order valence-corrected chi connectivity index (χ2v) is 4.59. The molecule has 0 aliphatic heterocycles. The fourth-order valence-electron chi connectivity index (χ4n) is 1.47. The summed E-state index contributed by atoms with van der Waals surface area (Å²) < 4.78 is 16.0. The predicted molar refractivity (Wildman–Crippen MR) is 69.4 cm³/mol. The maximum absolute atomic E-state index is 5.91. The van der Waals surface area contributed by atoms with E-state index in [4.69, 9.17) is 19.9 Å². The summed E-state index contributed by atoms with van der Waals surface area (Å²) in [6, 6.07) is 2.02. The van der Waals surface area contributed by atoms with E-state index in [1.165, 1.54) is 0 Å². The fourth-order valence-corrected chi connectivity index (χ4v) is 2.15. The molecular formula is C12H21NO3S. The van der Waals surface area contributed by atoms with Crippen LogP contribution in [-0.4, -0.2) is 39.6 Å². The Morgan fingerprint density at radius 2 is 2.06 bits per heavy atom. The SMILES string of the molecule is COCCOCCOC(c1ccsc1)C(C)N. The highest BCUT2D eigenvalue weighted by Gasteiger charge is 2.16. The topological polar surface area (TPSA) is 53.7 Å². The molecule has 0 radical (unpaired) electrons. The van der Waals surface area contributed by atoms with Crippen LogP contribution in [0.3, 0.4) is 0 Å². The zero-order chi connectivity index (χ0) is 12.5. The molecule has 4 nitrogen and oxygen atoms in total. The molecule has 0 aliphatic carbocycles. The van der Waals surface area contributed by atoms with Crippen molar-refractivity contribution in [2.24, 2.45) is 5.73 Å². The van der Waals surface area contributed by atoms with Crippen molar-refractivity contribution < 1.29 is 14.2 Å².